The molecule has 2 aromatic rings. The highest BCUT2D eigenvalue weighted by atomic mass is 32.2. The Bertz CT molecular complexity index is 930. The van der Waals surface area contributed by atoms with Gasteiger partial charge in [-0.3, -0.25) is 9.59 Å². The smallest absolute Gasteiger partial charge is 0.227 e. The predicted molar refractivity (Wildman–Crippen MR) is 123 cm³/mol. The van der Waals surface area contributed by atoms with Crippen molar-refractivity contribution in [1.82, 2.24) is 9.80 Å². The van der Waals surface area contributed by atoms with Crippen LogP contribution in [0, 0.1) is 18.7 Å². The molecule has 2 aliphatic rings. The minimum Gasteiger partial charge on any atom is -0.341 e. The summed E-state index contributed by atoms with van der Waals surface area (Å²) in [7, 11) is 0. The number of nitrogens with zero attached hydrogens (tertiary/aromatic N) is 2. The van der Waals surface area contributed by atoms with Crippen molar-refractivity contribution in [3.63, 3.8) is 0 Å². The minimum atomic E-state index is -0.227. The normalized spacial score (nSPS) is 21.7. The number of likely N-dealkylation sites (tertiary alicyclic amines) is 1. The van der Waals surface area contributed by atoms with Gasteiger partial charge in [0.05, 0.1) is 12.3 Å². The largest absolute Gasteiger partial charge is 0.341 e. The number of piperidine rings is 1. The Morgan fingerprint density at radius 1 is 1.03 bits per heavy atom. The first-order valence-corrected chi connectivity index (χ1v) is 12.1. The van der Waals surface area contributed by atoms with Gasteiger partial charge in [0.25, 0.3) is 0 Å². The van der Waals surface area contributed by atoms with Gasteiger partial charge in [0.1, 0.15) is 5.82 Å². The molecule has 4 rings (SSSR count). The molecule has 4 nitrogen and oxygen atoms in total. The molecule has 0 aromatic heterocycles. The molecule has 2 saturated heterocycles. The quantitative estimate of drug-likeness (QED) is 0.724. The Morgan fingerprint density at radius 3 is 2.48 bits per heavy atom. The second kappa shape index (κ2) is 9.86. The number of hydrogen-bond donors (Lipinski definition) is 0. The Balaban J connectivity index is 1.55. The average Bonchev–Trinajstić information content (AvgIpc) is 2.81. The van der Waals surface area contributed by atoms with Crippen LogP contribution >= 0.6 is 11.8 Å². The Hall–Kier alpha value is -2.34. The van der Waals surface area contributed by atoms with Crippen LogP contribution < -0.4 is 0 Å². The van der Waals surface area contributed by atoms with Gasteiger partial charge in [-0.25, -0.2) is 4.39 Å². The number of hydrogen-bond acceptors (Lipinski definition) is 3. The molecule has 2 fully saturated rings. The summed E-state index contributed by atoms with van der Waals surface area (Å²) in [4.78, 5) is 30.2. The van der Waals surface area contributed by atoms with Crippen LogP contribution in [-0.4, -0.2) is 59.3 Å². The number of carbonyl (C=O) groups is 2. The Morgan fingerprint density at radius 2 is 1.77 bits per heavy atom. The molecule has 0 radical (unpaired) electrons. The highest BCUT2D eigenvalue weighted by Crippen LogP contribution is 2.33. The highest BCUT2D eigenvalue weighted by molar-refractivity contribution is 7.99. The summed E-state index contributed by atoms with van der Waals surface area (Å²) in [6, 6.07) is 14.9. The van der Waals surface area contributed by atoms with Gasteiger partial charge in [0.2, 0.25) is 11.8 Å². The molecule has 2 unspecified atom stereocenters. The number of aryl methyl sites for hydroxylation is 1. The van der Waals surface area contributed by atoms with Crippen LogP contribution in [0.2, 0.25) is 0 Å². The van der Waals surface area contributed by atoms with E-state index in [9.17, 15) is 14.0 Å². The average molecular weight is 441 g/mol. The van der Waals surface area contributed by atoms with Crippen molar-refractivity contribution in [1.29, 1.82) is 0 Å². The lowest BCUT2D eigenvalue weighted by Gasteiger charge is -2.40. The van der Waals surface area contributed by atoms with Gasteiger partial charge < -0.3 is 9.80 Å². The van der Waals surface area contributed by atoms with Crippen LogP contribution in [0.5, 0.6) is 0 Å². The predicted octanol–water partition coefficient (Wildman–Crippen LogP) is 3.88. The van der Waals surface area contributed by atoms with Crippen molar-refractivity contribution < 1.29 is 14.0 Å². The van der Waals surface area contributed by atoms with Gasteiger partial charge in [-0.2, -0.15) is 11.8 Å². The summed E-state index contributed by atoms with van der Waals surface area (Å²) in [5.74, 6) is 1.72. The zero-order valence-corrected chi connectivity index (χ0v) is 18.7. The molecule has 6 heteroatoms. The number of carbonyl (C=O) groups excluding carboxylic acids is 2. The molecule has 2 atom stereocenters. The molecule has 0 N–H and O–H groups in total. The van der Waals surface area contributed by atoms with E-state index in [-0.39, 0.29) is 29.5 Å². The first-order chi connectivity index (χ1) is 15.0. The number of halogens is 1. The zero-order chi connectivity index (χ0) is 21.8. The van der Waals surface area contributed by atoms with E-state index >= 15 is 0 Å². The number of benzene rings is 2. The van der Waals surface area contributed by atoms with Crippen molar-refractivity contribution >= 4 is 23.6 Å². The maximum absolute atomic E-state index is 13.8. The lowest BCUT2D eigenvalue weighted by Crippen LogP contribution is -2.50. The lowest BCUT2D eigenvalue weighted by molar-refractivity contribution is -0.141. The third-order valence-corrected chi connectivity index (χ3v) is 7.27. The highest BCUT2D eigenvalue weighted by Gasteiger charge is 2.36. The van der Waals surface area contributed by atoms with Gasteiger partial charge in [-0.15, -0.1) is 0 Å². The number of rotatable bonds is 4. The molecule has 0 aliphatic carbocycles. The van der Waals surface area contributed by atoms with E-state index in [2.05, 4.69) is 0 Å². The van der Waals surface area contributed by atoms with Crippen molar-refractivity contribution in [2.75, 3.05) is 37.7 Å². The SMILES string of the molecule is Cc1cc(C2CC(C(=O)N3CCSCC3)CN(C(=O)Cc3ccccc3)C2)ccc1F. The second-order valence-corrected chi connectivity index (χ2v) is 9.76. The molecule has 31 heavy (non-hydrogen) atoms. The summed E-state index contributed by atoms with van der Waals surface area (Å²) in [5.41, 5.74) is 2.58. The van der Waals surface area contributed by atoms with Crippen LogP contribution in [0.3, 0.4) is 0 Å². The molecular weight excluding hydrogens is 411 g/mol. The van der Waals surface area contributed by atoms with Crippen LogP contribution in [0.4, 0.5) is 4.39 Å². The number of thioether (sulfide) groups is 1. The fourth-order valence-electron chi connectivity index (χ4n) is 4.57. The zero-order valence-electron chi connectivity index (χ0n) is 17.9. The fraction of sp³-hybridized carbons (Fsp3) is 0.440. The summed E-state index contributed by atoms with van der Waals surface area (Å²) >= 11 is 1.88. The summed E-state index contributed by atoms with van der Waals surface area (Å²) < 4.78 is 13.8. The molecule has 0 spiro atoms. The first kappa shape index (κ1) is 21.9. The topological polar surface area (TPSA) is 40.6 Å². The maximum Gasteiger partial charge on any atom is 0.227 e. The Labute approximate surface area is 187 Å². The van der Waals surface area contributed by atoms with Crippen molar-refractivity contribution in [2.45, 2.75) is 25.7 Å². The first-order valence-electron chi connectivity index (χ1n) is 11.0. The lowest BCUT2D eigenvalue weighted by atomic mass is 9.83. The molecule has 2 aromatic carbocycles. The summed E-state index contributed by atoms with van der Waals surface area (Å²) in [5, 5.41) is 0. The van der Waals surface area contributed by atoms with E-state index in [1.807, 2.05) is 58.0 Å². The second-order valence-electron chi connectivity index (χ2n) is 8.54. The van der Waals surface area contributed by atoms with Gasteiger partial charge in [0.15, 0.2) is 0 Å². The van der Waals surface area contributed by atoms with Crippen LogP contribution in [0.25, 0.3) is 0 Å². The summed E-state index contributed by atoms with van der Waals surface area (Å²) in [6.45, 7) is 4.34. The van der Waals surface area contributed by atoms with Gasteiger partial charge in [-0.1, -0.05) is 42.5 Å². The van der Waals surface area contributed by atoms with Crippen molar-refractivity contribution in [3.05, 3.63) is 71.0 Å². The van der Waals surface area contributed by atoms with Crippen LogP contribution in [0.15, 0.2) is 48.5 Å². The molecule has 2 heterocycles. The molecule has 0 saturated carbocycles. The monoisotopic (exact) mass is 440 g/mol. The van der Waals surface area contributed by atoms with E-state index in [1.165, 1.54) is 6.07 Å². The van der Waals surface area contributed by atoms with E-state index in [4.69, 9.17) is 0 Å². The molecular formula is C25H29FN2O2S. The van der Waals surface area contributed by atoms with E-state index in [0.717, 1.165) is 35.7 Å². The molecule has 164 valence electrons. The Kier molecular flexibility index (Phi) is 6.96. The fourth-order valence-corrected chi connectivity index (χ4v) is 5.47. The minimum absolute atomic E-state index is 0.0286. The van der Waals surface area contributed by atoms with E-state index < -0.39 is 0 Å². The van der Waals surface area contributed by atoms with Crippen LogP contribution in [0.1, 0.15) is 29.0 Å². The van der Waals surface area contributed by atoms with Crippen molar-refractivity contribution in [2.24, 2.45) is 5.92 Å². The number of amides is 2. The maximum atomic E-state index is 13.8. The standard InChI is InChI=1S/C25H29FN2O2S/c1-18-13-20(7-8-23(18)26)21-15-22(25(30)27-9-11-31-12-10-27)17-28(16-21)24(29)14-19-5-3-2-4-6-19/h2-8,13,21-22H,9-12,14-17H2,1H3. The van der Waals surface area contributed by atoms with Gasteiger partial charge >= 0.3 is 0 Å². The van der Waals surface area contributed by atoms with Crippen molar-refractivity contribution in [3.8, 4) is 0 Å². The summed E-state index contributed by atoms with van der Waals surface area (Å²) in [6.07, 6.45) is 1.03. The van der Waals surface area contributed by atoms with Crippen LogP contribution in [-0.2, 0) is 16.0 Å². The van der Waals surface area contributed by atoms with E-state index in [1.54, 1.807) is 13.0 Å². The third-order valence-electron chi connectivity index (χ3n) is 6.33. The van der Waals surface area contributed by atoms with E-state index in [0.29, 0.717) is 31.5 Å². The molecule has 2 aliphatic heterocycles. The van der Waals surface area contributed by atoms with Gasteiger partial charge in [0, 0.05) is 43.6 Å². The molecule has 2 amide bonds. The third kappa shape index (κ3) is 5.29. The molecule has 0 bridgehead atoms. The van der Waals surface area contributed by atoms with Gasteiger partial charge in [-0.05, 0) is 36.1 Å².